The molecule has 0 unspecified atom stereocenters. The van der Waals surface area contributed by atoms with Gasteiger partial charge < -0.3 is 19.9 Å². The third kappa shape index (κ3) is 698. The number of nitrogens with two attached hydrogens (primary N) is 2. The van der Waals surface area contributed by atoms with Crippen molar-refractivity contribution in [2.45, 2.75) is 27.7 Å². The maximum Gasteiger partial charge on any atom is 0.321 e. The van der Waals surface area contributed by atoms with Crippen molar-refractivity contribution >= 4 is 23.9 Å². The van der Waals surface area contributed by atoms with Gasteiger partial charge in [-0.2, -0.15) is 11.8 Å². The highest BCUT2D eigenvalue weighted by atomic mass is 16.7. The van der Waals surface area contributed by atoms with Crippen molar-refractivity contribution in [1.82, 2.24) is 0 Å². The van der Waals surface area contributed by atoms with Crippen LogP contribution in [0.4, 0.5) is 0 Å². The number of hydrogen-bond acceptors (Lipinski definition) is 8. The molecule has 0 amide bonds. The quantitative estimate of drug-likeness (QED) is 0.400. The molecule has 0 aliphatic heterocycles. The zero-order valence-corrected chi connectivity index (χ0v) is 10.5. The predicted octanol–water partition coefficient (Wildman–Crippen LogP) is -0.972. The van der Waals surface area contributed by atoms with E-state index in [1.165, 1.54) is 13.8 Å². The van der Waals surface area contributed by atoms with Gasteiger partial charge >= 0.3 is 11.9 Å². The van der Waals surface area contributed by atoms with Crippen LogP contribution in [0.2, 0.25) is 0 Å². The van der Waals surface area contributed by atoms with E-state index in [-0.39, 0.29) is 0 Å². The Morgan fingerprint density at radius 3 is 0.778 bits per heavy atom. The van der Waals surface area contributed by atoms with Crippen molar-refractivity contribution < 1.29 is 39.1 Å². The van der Waals surface area contributed by atoms with Crippen LogP contribution < -0.4 is 11.8 Å². The molecular weight excluding hydrogens is 252 g/mol. The topological polar surface area (TPSA) is 179 Å². The molecule has 0 bridgehead atoms. The normalized spacial score (nSPS) is 6.56. The highest BCUT2D eigenvalue weighted by molar-refractivity contribution is 5.65. The smallest absolute Gasteiger partial charge is 0.321 e. The van der Waals surface area contributed by atoms with Crippen LogP contribution in [0.3, 0.4) is 0 Å². The Kier molecular flexibility index (Phi) is 28.0. The maximum atomic E-state index is 9.47. The zero-order chi connectivity index (χ0) is 15.7. The number of carboxylic acids is 2. The van der Waals surface area contributed by atoms with Crippen molar-refractivity contribution in [2.24, 2.45) is 11.8 Å². The first-order valence-corrected chi connectivity index (χ1v) is 4.14. The predicted molar refractivity (Wildman–Crippen MR) is 58.5 cm³/mol. The third-order valence-electron chi connectivity index (χ3n) is 0.332. The largest absolute Gasteiger partial charge is 0.481 e. The van der Waals surface area contributed by atoms with Crippen molar-refractivity contribution in [3.05, 3.63) is 0 Å². The van der Waals surface area contributed by atoms with Crippen LogP contribution >= 0.6 is 0 Å². The average Bonchev–Trinajstić information content (AvgIpc) is 2.16. The van der Waals surface area contributed by atoms with E-state index in [0.29, 0.717) is 0 Å². The lowest BCUT2D eigenvalue weighted by molar-refractivity contribution is -0.142. The average molecular weight is 270 g/mol. The van der Waals surface area contributed by atoms with Gasteiger partial charge in [-0.15, -0.1) is 0 Å². The van der Waals surface area contributed by atoms with Crippen LogP contribution in [-0.4, -0.2) is 34.1 Å². The Balaban J connectivity index is -0.0000000731. The van der Waals surface area contributed by atoms with Gasteiger partial charge in [0.15, 0.2) is 0 Å². The third-order valence-corrected chi connectivity index (χ3v) is 0.332. The van der Waals surface area contributed by atoms with Gasteiger partial charge in [-0.25, -0.2) is 0 Å². The van der Waals surface area contributed by atoms with Gasteiger partial charge in [-0.1, -0.05) is 0 Å². The molecule has 0 rings (SSSR count). The fraction of sp³-hybridized carbons (Fsp3) is 0.500. The zero-order valence-electron chi connectivity index (χ0n) is 10.5. The fourth-order valence-electron chi connectivity index (χ4n) is 0. The van der Waals surface area contributed by atoms with Crippen molar-refractivity contribution in [1.29, 1.82) is 0 Å². The standard InChI is InChI=1S/2C2H5NO2.2C2H4O2/c2*1-2(4)5-3;2*1-2(3)4/h2*3H2,1H3;2*1H3,(H,3,4). The first kappa shape index (κ1) is 24.9. The van der Waals surface area contributed by atoms with E-state index >= 15 is 0 Å². The van der Waals surface area contributed by atoms with Crippen LogP contribution in [0.1, 0.15) is 27.7 Å². The minimum atomic E-state index is -0.833. The molecule has 108 valence electrons. The Morgan fingerprint density at radius 1 is 0.722 bits per heavy atom. The van der Waals surface area contributed by atoms with Crippen LogP contribution in [0, 0.1) is 0 Å². The second-order valence-electron chi connectivity index (χ2n) is 2.26. The molecule has 0 saturated heterocycles. The molecular formula is C8H18N2O8. The highest BCUT2D eigenvalue weighted by Gasteiger charge is 1.77. The molecule has 0 atom stereocenters. The molecule has 0 spiro atoms. The van der Waals surface area contributed by atoms with Gasteiger partial charge in [0.1, 0.15) is 0 Å². The lowest BCUT2D eigenvalue weighted by atomic mass is 10.8. The summed E-state index contributed by atoms with van der Waals surface area (Å²) in [5.74, 6) is 6.04. The van der Waals surface area contributed by atoms with Gasteiger partial charge in [0, 0.05) is 27.7 Å². The second-order valence-corrected chi connectivity index (χ2v) is 2.26. The number of carbonyl (C=O) groups is 4. The van der Waals surface area contributed by atoms with Gasteiger partial charge in [0.25, 0.3) is 11.9 Å². The fourth-order valence-corrected chi connectivity index (χ4v) is 0. The molecule has 0 fully saturated rings. The Bertz CT molecular complexity index is 219. The van der Waals surface area contributed by atoms with Gasteiger partial charge in [0.2, 0.25) is 0 Å². The van der Waals surface area contributed by atoms with Crippen LogP contribution in [-0.2, 0) is 28.9 Å². The van der Waals surface area contributed by atoms with Crippen molar-refractivity contribution in [3.63, 3.8) is 0 Å². The summed E-state index contributed by atoms with van der Waals surface area (Å²) in [6.07, 6.45) is 0. The van der Waals surface area contributed by atoms with Crippen LogP contribution in [0.25, 0.3) is 0 Å². The summed E-state index contributed by atoms with van der Waals surface area (Å²) in [5, 5.41) is 14.8. The Labute approximate surface area is 103 Å². The maximum absolute atomic E-state index is 9.47. The summed E-state index contributed by atoms with van der Waals surface area (Å²) in [4.78, 5) is 44.2. The van der Waals surface area contributed by atoms with Crippen LogP contribution in [0.5, 0.6) is 0 Å². The monoisotopic (exact) mass is 270 g/mol. The van der Waals surface area contributed by atoms with E-state index < -0.39 is 23.9 Å². The van der Waals surface area contributed by atoms with Crippen LogP contribution in [0.15, 0.2) is 0 Å². The first-order valence-electron chi connectivity index (χ1n) is 4.14. The van der Waals surface area contributed by atoms with E-state index in [1.54, 1.807) is 0 Å². The number of hydrogen-bond donors (Lipinski definition) is 4. The molecule has 10 nitrogen and oxygen atoms in total. The van der Waals surface area contributed by atoms with E-state index in [9.17, 15) is 9.59 Å². The summed E-state index contributed by atoms with van der Waals surface area (Å²) in [6, 6.07) is 0. The molecule has 0 heterocycles. The Morgan fingerprint density at radius 2 is 0.778 bits per heavy atom. The summed E-state index contributed by atoms with van der Waals surface area (Å²) in [7, 11) is 0. The molecule has 0 radical (unpaired) electrons. The molecule has 6 N–H and O–H groups in total. The van der Waals surface area contributed by atoms with E-state index in [1.807, 2.05) is 0 Å². The Hall–Kier alpha value is -2.20. The molecule has 18 heavy (non-hydrogen) atoms. The molecule has 0 aromatic rings. The summed E-state index contributed by atoms with van der Waals surface area (Å²) in [5.41, 5.74) is 0. The molecule has 0 aromatic heterocycles. The molecule has 0 aliphatic carbocycles. The molecule has 0 aliphatic rings. The highest BCUT2D eigenvalue weighted by Crippen LogP contribution is 1.55. The number of carbonyl (C=O) groups excluding carboxylic acids is 2. The SMILES string of the molecule is CC(=O)O.CC(=O)O.CC(=O)ON.CC(=O)ON. The van der Waals surface area contributed by atoms with Gasteiger partial charge in [0.05, 0.1) is 0 Å². The first-order chi connectivity index (χ1) is 8.00. The molecule has 0 saturated carbocycles. The summed E-state index contributed by atoms with van der Waals surface area (Å²) < 4.78 is 0. The van der Waals surface area contributed by atoms with Crippen molar-refractivity contribution in [2.75, 3.05) is 0 Å². The summed E-state index contributed by atoms with van der Waals surface area (Å²) in [6.45, 7) is 4.64. The number of carboxylic acid groups (broad SMARTS) is 2. The lowest BCUT2D eigenvalue weighted by Gasteiger charge is -1.79. The minimum Gasteiger partial charge on any atom is -0.481 e. The van der Waals surface area contributed by atoms with Gasteiger partial charge in [-0.3, -0.25) is 19.2 Å². The minimum absolute atomic E-state index is 0.468. The van der Waals surface area contributed by atoms with E-state index in [0.717, 1.165) is 13.8 Å². The lowest BCUT2D eigenvalue weighted by Crippen LogP contribution is -2.03. The number of aliphatic carboxylic acids is 2. The second kappa shape index (κ2) is 20.2. The van der Waals surface area contributed by atoms with Gasteiger partial charge in [-0.05, 0) is 0 Å². The molecule has 0 aromatic carbocycles. The summed E-state index contributed by atoms with van der Waals surface area (Å²) >= 11 is 0. The molecule has 10 heteroatoms. The van der Waals surface area contributed by atoms with E-state index in [4.69, 9.17) is 19.8 Å². The number of rotatable bonds is 0. The van der Waals surface area contributed by atoms with Crippen molar-refractivity contribution in [3.8, 4) is 0 Å². The van der Waals surface area contributed by atoms with E-state index in [2.05, 4.69) is 21.5 Å².